The number of benzene rings is 1. The Kier molecular flexibility index (Phi) is 4.70. The molecule has 1 N–H and O–H groups in total. The maximum atomic E-state index is 11.6. The summed E-state index contributed by atoms with van der Waals surface area (Å²) >= 11 is 0. The van der Waals surface area contributed by atoms with Crippen LogP contribution in [0.4, 0.5) is 0 Å². The molecule has 4 fully saturated rings. The van der Waals surface area contributed by atoms with Gasteiger partial charge in [0.2, 0.25) is 0 Å². The standard InChI is InChI=1S/C20H27N3O3/c1-25-7-8-26-19-10-14-9-16(12-19)17(20(24,11-14)13-19)18(22-23-21)15-5-3-2-4-6-15/h2-6,14,16-18,24H,7-13H2,1H3/t14-,16?,17+,18-,19-,20-/m0/s1. The smallest absolute Gasteiger partial charge is 0.0716 e. The summed E-state index contributed by atoms with van der Waals surface area (Å²) in [5, 5.41) is 15.8. The lowest BCUT2D eigenvalue weighted by atomic mass is 9.46. The predicted octanol–water partition coefficient (Wildman–Crippen LogP) is 4.01. The fraction of sp³-hybridized carbons (Fsp3) is 0.700. The molecular weight excluding hydrogens is 330 g/mol. The normalized spacial score (nSPS) is 38.8. The molecular formula is C20H27N3O3. The lowest BCUT2D eigenvalue weighted by Crippen LogP contribution is -2.65. The fourth-order valence-electron chi connectivity index (χ4n) is 6.19. The Morgan fingerprint density at radius 1 is 1.27 bits per heavy atom. The van der Waals surface area contributed by atoms with Crippen molar-refractivity contribution in [3.05, 3.63) is 46.3 Å². The molecule has 0 spiro atoms. The first kappa shape index (κ1) is 17.8. The van der Waals surface area contributed by atoms with E-state index in [2.05, 4.69) is 10.0 Å². The lowest BCUT2D eigenvalue weighted by Gasteiger charge is -2.64. The van der Waals surface area contributed by atoms with Crippen LogP contribution in [0.5, 0.6) is 0 Å². The van der Waals surface area contributed by atoms with Crippen LogP contribution in [0, 0.1) is 17.8 Å². The molecule has 0 heterocycles. The van der Waals surface area contributed by atoms with E-state index in [0.717, 1.165) is 31.2 Å². The molecule has 1 unspecified atom stereocenters. The highest BCUT2D eigenvalue weighted by molar-refractivity contribution is 5.25. The number of aliphatic hydroxyl groups is 1. The Morgan fingerprint density at radius 3 is 2.77 bits per heavy atom. The van der Waals surface area contributed by atoms with E-state index in [9.17, 15) is 5.11 Å². The Bertz CT molecular complexity index is 693. The summed E-state index contributed by atoms with van der Waals surface area (Å²) in [5.41, 5.74) is 9.09. The van der Waals surface area contributed by atoms with Gasteiger partial charge >= 0.3 is 0 Å². The minimum atomic E-state index is -0.828. The quantitative estimate of drug-likeness (QED) is 0.346. The molecule has 26 heavy (non-hydrogen) atoms. The summed E-state index contributed by atoms with van der Waals surface area (Å²) in [4.78, 5) is 3.12. The molecule has 5 rings (SSSR count). The molecule has 0 saturated heterocycles. The molecule has 0 aromatic heterocycles. The first-order chi connectivity index (χ1) is 12.6. The van der Waals surface area contributed by atoms with Crippen LogP contribution in [0.1, 0.15) is 43.7 Å². The highest BCUT2D eigenvalue weighted by atomic mass is 16.5. The minimum Gasteiger partial charge on any atom is -0.389 e. The average molecular weight is 357 g/mol. The molecule has 6 nitrogen and oxygen atoms in total. The summed E-state index contributed by atoms with van der Waals surface area (Å²) in [6.45, 7) is 1.14. The number of azide groups is 1. The second kappa shape index (κ2) is 6.86. The Balaban J connectivity index is 1.64. The molecule has 4 aliphatic carbocycles. The number of hydrogen-bond donors (Lipinski definition) is 1. The Morgan fingerprint density at radius 2 is 2.08 bits per heavy atom. The molecule has 0 radical (unpaired) electrons. The van der Waals surface area contributed by atoms with Gasteiger partial charge in [-0.25, -0.2) is 0 Å². The van der Waals surface area contributed by atoms with Gasteiger partial charge in [-0.05, 0) is 48.6 Å². The van der Waals surface area contributed by atoms with E-state index in [1.165, 1.54) is 0 Å². The fourth-order valence-corrected chi connectivity index (χ4v) is 6.19. The van der Waals surface area contributed by atoms with Crippen molar-refractivity contribution in [2.24, 2.45) is 22.9 Å². The van der Waals surface area contributed by atoms with Crippen LogP contribution >= 0.6 is 0 Å². The molecule has 6 heteroatoms. The molecule has 1 aromatic rings. The lowest BCUT2D eigenvalue weighted by molar-refractivity contribution is -0.253. The highest BCUT2D eigenvalue weighted by Gasteiger charge is 2.64. The van der Waals surface area contributed by atoms with E-state index < -0.39 is 5.60 Å². The zero-order chi connectivity index (χ0) is 18.2. The number of hydrogen-bond acceptors (Lipinski definition) is 4. The van der Waals surface area contributed by atoms with Crippen molar-refractivity contribution in [2.75, 3.05) is 20.3 Å². The molecule has 1 aromatic carbocycles. The third kappa shape index (κ3) is 3.01. The van der Waals surface area contributed by atoms with E-state index in [1.807, 2.05) is 30.3 Å². The van der Waals surface area contributed by atoms with E-state index in [-0.39, 0.29) is 17.6 Å². The molecule has 0 amide bonds. The first-order valence-electron chi connectivity index (χ1n) is 9.54. The maximum absolute atomic E-state index is 11.6. The number of nitrogens with zero attached hydrogens (tertiary/aromatic N) is 3. The van der Waals surface area contributed by atoms with Gasteiger partial charge in [0.25, 0.3) is 0 Å². The van der Waals surface area contributed by atoms with Gasteiger partial charge in [-0.3, -0.25) is 0 Å². The summed E-state index contributed by atoms with van der Waals surface area (Å²) in [6, 6.07) is 9.56. The van der Waals surface area contributed by atoms with Crippen molar-refractivity contribution in [2.45, 2.75) is 49.3 Å². The minimum absolute atomic E-state index is 0.0449. The molecule has 140 valence electrons. The molecule has 0 aliphatic heterocycles. The van der Waals surface area contributed by atoms with Crippen LogP contribution in [-0.4, -0.2) is 36.6 Å². The van der Waals surface area contributed by atoms with Gasteiger partial charge in [0.1, 0.15) is 0 Å². The van der Waals surface area contributed by atoms with Crippen LogP contribution in [0.2, 0.25) is 0 Å². The largest absolute Gasteiger partial charge is 0.389 e. The van der Waals surface area contributed by atoms with E-state index in [0.29, 0.717) is 31.5 Å². The zero-order valence-corrected chi connectivity index (χ0v) is 15.3. The third-order valence-electron chi connectivity index (χ3n) is 6.68. The number of ether oxygens (including phenoxy) is 2. The van der Waals surface area contributed by atoms with Crippen LogP contribution < -0.4 is 0 Å². The van der Waals surface area contributed by atoms with Crippen molar-refractivity contribution in [3.63, 3.8) is 0 Å². The number of methoxy groups -OCH3 is 1. The van der Waals surface area contributed by atoms with Crippen molar-refractivity contribution in [1.29, 1.82) is 0 Å². The van der Waals surface area contributed by atoms with Crippen molar-refractivity contribution in [3.8, 4) is 0 Å². The zero-order valence-electron chi connectivity index (χ0n) is 15.3. The molecule has 4 bridgehead atoms. The van der Waals surface area contributed by atoms with Crippen molar-refractivity contribution < 1.29 is 14.6 Å². The molecule has 4 aliphatic rings. The Labute approximate surface area is 154 Å². The van der Waals surface area contributed by atoms with Gasteiger partial charge in [-0.2, -0.15) is 0 Å². The average Bonchev–Trinajstić information content (AvgIpc) is 2.60. The van der Waals surface area contributed by atoms with Gasteiger partial charge in [-0.15, -0.1) is 0 Å². The van der Waals surface area contributed by atoms with Gasteiger partial charge in [0.05, 0.1) is 30.5 Å². The first-order valence-corrected chi connectivity index (χ1v) is 9.54. The Hall–Kier alpha value is -1.59. The van der Waals surface area contributed by atoms with Crippen LogP contribution in [0.25, 0.3) is 10.4 Å². The van der Waals surface area contributed by atoms with Gasteiger partial charge in [-0.1, -0.05) is 35.4 Å². The summed E-state index contributed by atoms with van der Waals surface area (Å²) in [6.07, 6.45) is 4.47. The monoisotopic (exact) mass is 357 g/mol. The van der Waals surface area contributed by atoms with Gasteiger partial charge in [0, 0.05) is 24.4 Å². The van der Waals surface area contributed by atoms with E-state index in [1.54, 1.807) is 7.11 Å². The van der Waals surface area contributed by atoms with E-state index >= 15 is 0 Å². The predicted molar refractivity (Wildman–Crippen MR) is 97.4 cm³/mol. The highest BCUT2D eigenvalue weighted by Crippen LogP contribution is 2.64. The topological polar surface area (TPSA) is 87.5 Å². The second-order valence-electron chi connectivity index (χ2n) is 8.37. The van der Waals surface area contributed by atoms with E-state index in [4.69, 9.17) is 15.0 Å². The molecule has 6 atom stereocenters. The summed E-state index contributed by atoms with van der Waals surface area (Å²) in [7, 11) is 1.68. The SMILES string of the molecule is COCCO[C@]12CC3C[C@@H](C1)C[C@](O)(C2)[C@H]3[C@@H](N=[N+]=[N-])c1ccccc1. The van der Waals surface area contributed by atoms with Crippen LogP contribution in [-0.2, 0) is 9.47 Å². The third-order valence-corrected chi connectivity index (χ3v) is 6.68. The van der Waals surface area contributed by atoms with Crippen molar-refractivity contribution >= 4 is 0 Å². The summed E-state index contributed by atoms with van der Waals surface area (Å²) in [5.74, 6) is 0.768. The number of rotatable bonds is 7. The van der Waals surface area contributed by atoms with Crippen molar-refractivity contribution in [1.82, 2.24) is 0 Å². The van der Waals surface area contributed by atoms with Gasteiger partial charge in [0.15, 0.2) is 0 Å². The molecule has 4 saturated carbocycles. The van der Waals surface area contributed by atoms with Crippen LogP contribution in [0.3, 0.4) is 0 Å². The van der Waals surface area contributed by atoms with Gasteiger partial charge < -0.3 is 14.6 Å². The maximum Gasteiger partial charge on any atom is 0.0716 e. The van der Waals surface area contributed by atoms with Crippen LogP contribution in [0.15, 0.2) is 35.4 Å². The second-order valence-corrected chi connectivity index (χ2v) is 8.37. The summed E-state index contributed by atoms with van der Waals surface area (Å²) < 4.78 is 11.4.